The molecule has 0 atom stereocenters. The number of carboxylic acid groups (broad SMARTS) is 1. The van der Waals surface area contributed by atoms with E-state index in [4.69, 9.17) is 15.5 Å². The van der Waals surface area contributed by atoms with Gasteiger partial charge >= 0.3 is 5.97 Å². The molecule has 0 unspecified atom stereocenters. The zero-order chi connectivity index (χ0) is 32.9. The number of rotatable bonds is 11. The number of hydrogen-bond donors (Lipinski definition) is 3. The third-order valence-corrected chi connectivity index (χ3v) is 8.17. The Balaban J connectivity index is 1.31. The number of nitrogens with two attached hydrogens (primary N) is 1. The summed E-state index contributed by atoms with van der Waals surface area (Å²) in [4.78, 5) is 28.5. The van der Waals surface area contributed by atoms with Crippen LogP contribution in [-0.2, 0) is 11.2 Å². The van der Waals surface area contributed by atoms with Crippen LogP contribution in [0.5, 0.6) is 5.75 Å². The van der Waals surface area contributed by atoms with Crippen LogP contribution < -0.4 is 15.9 Å². The van der Waals surface area contributed by atoms with Gasteiger partial charge in [0.1, 0.15) is 17.2 Å². The molecule has 0 amide bonds. The van der Waals surface area contributed by atoms with Gasteiger partial charge in [0.2, 0.25) is 5.13 Å². The molecule has 13 nitrogen and oxygen atoms in total. The first kappa shape index (κ1) is 30.6. The van der Waals surface area contributed by atoms with Crippen LogP contribution in [0.1, 0.15) is 5.56 Å². The molecular weight excluding hydrogens is 620 g/mol. The van der Waals surface area contributed by atoms with Crippen LogP contribution in [0.2, 0.25) is 0 Å². The number of methoxy groups -OCH3 is 1. The van der Waals surface area contributed by atoms with Gasteiger partial charge in [-0.25, -0.2) is 14.5 Å². The van der Waals surface area contributed by atoms with Crippen molar-refractivity contribution in [1.82, 2.24) is 20.0 Å². The number of hydrogen-bond acceptors (Lipinski definition) is 11. The Morgan fingerprint density at radius 2 is 1.68 bits per heavy atom. The number of carboxylic acids is 1. The van der Waals surface area contributed by atoms with Gasteiger partial charge in [0, 0.05) is 34.9 Å². The highest BCUT2D eigenvalue weighted by molar-refractivity contribution is 7.19. The van der Waals surface area contributed by atoms with Gasteiger partial charge in [-0.3, -0.25) is 15.5 Å². The highest BCUT2D eigenvalue weighted by Gasteiger charge is 2.20. The summed E-state index contributed by atoms with van der Waals surface area (Å²) in [5.74, 6) is -0.629. The summed E-state index contributed by atoms with van der Waals surface area (Å²) in [6, 6.07) is 28.4. The lowest BCUT2D eigenvalue weighted by Gasteiger charge is -2.06. The molecule has 0 aliphatic carbocycles. The number of ether oxygens (including phenoxy) is 1. The quantitative estimate of drug-likeness (QED) is 0.0623. The number of hydrazone groups is 1. The van der Waals surface area contributed by atoms with Crippen molar-refractivity contribution in [2.75, 3.05) is 18.3 Å². The van der Waals surface area contributed by atoms with E-state index in [-0.39, 0.29) is 23.4 Å². The molecule has 0 saturated heterocycles. The number of benzene rings is 4. The van der Waals surface area contributed by atoms with Gasteiger partial charge in [-0.1, -0.05) is 59.0 Å². The van der Waals surface area contributed by atoms with Gasteiger partial charge in [0.05, 0.1) is 34.5 Å². The number of carbonyl (C=O) groups is 1. The van der Waals surface area contributed by atoms with Gasteiger partial charge in [0.25, 0.3) is 5.69 Å². The molecular formula is C33H26N8O5S. The highest BCUT2D eigenvalue weighted by atomic mass is 32.1. The average Bonchev–Trinajstić information content (AvgIpc) is 3.75. The average molecular weight is 647 g/mol. The Morgan fingerprint density at radius 3 is 2.36 bits per heavy atom. The second-order valence-electron chi connectivity index (χ2n) is 10.2. The van der Waals surface area contributed by atoms with Gasteiger partial charge in [-0.15, -0.1) is 5.10 Å². The smallest absolute Gasteiger partial charge is 0.352 e. The highest BCUT2D eigenvalue weighted by Crippen LogP contribution is 2.40. The minimum Gasteiger partial charge on any atom is -0.497 e. The maximum Gasteiger partial charge on any atom is 0.352 e. The molecule has 0 saturated carbocycles. The third kappa shape index (κ3) is 6.82. The molecule has 2 aromatic heterocycles. The van der Waals surface area contributed by atoms with Crippen LogP contribution in [0.25, 0.3) is 38.6 Å². The molecule has 0 aliphatic heterocycles. The van der Waals surface area contributed by atoms with Gasteiger partial charge < -0.3 is 15.6 Å². The number of nitrogen functional groups attached to an aromatic ring is 1. The summed E-state index contributed by atoms with van der Waals surface area (Å²) in [5.41, 5.74) is 13.7. The first-order chi connectivity index (χ1) is 22.8. The van der Waals surface area contributed by atoms with Crippen LogP contribution in [0.4, 0.5) is 16.5 Å². The summed E-state index contributed by atoms with van der Waals surface area (Å²) < 4.78 is 6.99. The van der Waals surface area contributed by atoms with Gasteiger partial charge in [-0.2, -0.15) is 5.10 Å². The van der Waals surface area contributed by atoms with E-state index in [0.29, 0.717) is 28.0 Å². The predicted molar refractivity (Wildman–Crippen MR) is 180 cm³/mol. The van der Waals surface area contributed by atoms with E-state index in [1.54, 1.807) is 17.9 Å². The first-order valence-electron chi connectivity index (χ1n) is 14.1. The van der Waals surface area contributed by atoms with Crippen molar-refractivity contribution in [3.05, 3.63) is 119 Å². The van der Waals surface area contributed by atoms with E-state index in [1.807, 2.05) is 79.0 Å². The first-order valence-corrected chi connectivity index (χ1v) is 14.9. The van der Waals surface area contributed by atoms with Crippen molar-refractivity contribution in [2.45, 2.75) is 6.42 Å². The lowest BCUT2D eigenvalue weighted by atomic mass is 10.1. The minimum atomic E-state index is -1.31. The molecule has 0 fully saturated rings. The van der Waals surface area contributed by atoms with E-state index in [9.17, 15) is 20.0 Å². The molecule has 4 N–H and O–H groups in total. The third-order valence-electron chi connectivity index (χ3n) is 7.16. The Hall–Kier alpha value is -6.41. The Morgan fingerprint density at radius 1 is 1.00 bits per heavy atom. The molecule has 234 valence electrons. The van der Waals surface area contributed by atoms with Crippen LogP contribution in [-0.4, -0.2) is 48.8 Å². The fraction of sp³-hybridized carbons (Fsp3) is 0.0606. The fourth-order valence-electron chi connectivity index (χ4n) is 4.75. The van der Waals surface area contributed by atoms with E-state index in [2.05, 4.69) is 20.8 Å². The van der Waals surface area contributed by atoms with Gasteiger partial charge in [0.15, 0.2) is 0 Å². The second-order valence-corrected chi connectivity index (χ2v) is 11.2. The van der Waals surface area contributed by atoms with Crippen molar-refractivity contribution in [1.29, 1.82) is 0 Å². The molecule has 0 spiro atoms. The number of anilines is 2. The minimum absolute atomic E-state index is 0.185. The molecule has 0 aliphatic rings. The largest absolute Gasteiger partial charge is 0.497 e. The molecule has 0 radical (unpaired) electrons. The second kappa shape index (κ2) is 13.3. The molecule has 0 bridgehead atoms. The van der Waals surface area contributed by atoms with Crippen LogP contribution >= 0.6 is 11.3 Å². The summed E-state index contributed by atoms with van der Waals surface area (Å²) >= 11 is 1.28. The summed E-state index contributed by atoms with van der Waals surface area (Å²) in [7, 11) is 1.59. The van der Waals surface area contributed by atoms with Crippen molar-refractivity contribution >= 4 is 39.5 Å². The normalized spacial score (nSPS) is 11.3. The monoisotopic (exact) mass is 646 g/mol. The van der Waals surface area contributed by atoms with E-state index in [0.717, 1.165) is 27.3 Å². The molecule has 2 heterocycles. The van der Waals surface area contributed by atoms with Crippen molar-refractivity contribution in [3.8, 4) is 44.4 Å². The Labute approximate surface area is 271 Å². The van der Waals surface area contributed by atoms with E-state index in [1.165, 1.54) is 29.5 Å². The number of thiazole rings is 1. The van der Waals surface area contributed by atoms with E-state index >= 15 is 0 Å². The number of nitro benzene ring substituents is 1. The predicted octanol–water partition coefficient (Wildman–Crippen LogP) is 6.32. The zero-order valence-corrected chi connectivity index (χ0v) is 25.6. The zero-order valence-electron chi connectivity index (χ0n) is 24.8. The molecule has 6 aromatic rings. The molecule has 14 heteroatoms. The number of aromatic nitrogens is 4. The van der Waals surface area contributed by atoms with E-state index < -0.39 is 10.9 Å². The number of nitro groups is 1. The van der Waals surface area contributed by atoms with Crippen molar-refractivity contribution < 1.29 is 19.6 Å². The lowest BCUT2D eigenvalue weighted by molar-refractivity contribution is -0.385. The van der Waals surface area contributed by atoms with Crippen LogP contribution in [0.3, 0.4) is 0 Å². The number of para-hydroxylation sites is 1. The maximum atomic E-state index is 12.0. The fourth-order valence-corrected chi connectivity index (χ4v) is 5.68. The molecule has 6 rings (SSSR count). The molecule has 4 aromatic carbocycles. The van der Waals surface area contributed by atoms with Crippen LogP contribution in [0, 0.1) is 10.1 Å². The van der Waals surface area contributed by atoms with Gasteiger partial charge in [-0.05, 0) is 54.1 Å². The number of nitrogens with zero attached hydrogens (tertiary/aromatic N) is 6. The summed E-state index contributed by atoms with van der Waals surface area (Å²) in [6.07, 6.45) is 1.58. The number of nitrogens with one attached hydrogen (secondary N) is 1. The lowest BCUT2D eigenvalue weighted by Crippen LogP contribution is -2.18. The Bertz CT molecular complexity index is 2090. The molecule has 47 heavy (non-hydrogen) atoms. The summed E-state index contributed by atoms with van der Waals surface area (Å²) in [5, 5.41) is 34.3. The van der Waals surface area contributed by atoms with Crippen molar-refractivity contribution in [2.24, 2.45) is 5.10 Å². The number of aliphatic carboxylic acids is 1. The maximum absolute atomic E-state index is 12.0. The standard InChI is InChI=1S/C33H26N8O5S/c1-46-26-16-10-21(11-17-26)30-31(22-8-14-25(15-9-22)40-19-28(37-39-40)20-6-12-24(34)13-7-20)47-33(35-30)38-36-27(32(42)43)18-23-4-2-3-5-29(23)41(44)45/h2-17,19H,18,34H2,1H3,(H,35,38)(H,42,43). The summed E-state index contributed by atoms with van der Waals surface area (Å²) in [6.45, 7) is 0. The SMILES string of the molecule is COc1ccc(-c2nc(NN=C(Cc3ccccc3[N+](=O)[O-])C(=O)O)sc2-c2ccc(-n3cc(-c4ccc(N)cc4)nn3)cc2)cc1. The topological polar surface area (TPSA) is 184 Å². The van der Waals surface area contributed by atoms with Crippen molar-refractivity contribution in [3.63, 3.8) is 0 Å². The van der Waals surface area contributed by atoms with Crippen LogP contribution in [0.15, 0.2) is 108 Å². The Kier molecular flexibility index (Phi) is 8.66.